The number of aromatic amines is 1. The SMILES string of the molecule is O=c1[nH]c2c(c3cc(-c4ccncc4)sc13)COCC2O. The maximum absolute atomic E-state index is 12.2. The van der Waals surface area contributed by atoms with Crippen molar-refractivity contribution in [3.8, 4) is 10.4 Å². The molecule has 0 bridgehead atoms. The number of thiophene rings is 1. The fraction of sp³-hybridized carbons (Fsp3) is 0.200. The van der Waals surface area contributed by atoms with E-state index in [-0.39, 0.29) is 12.2 Å². The first kappa shape index (κ1) is 12.7. The molecule has 0 fully saturated rings. The Morgan fingerprint density at radius 2 is 2.19 bits per heavy atom. The van der Waals surface area contributed by atoms with Gasteiger partial charge < -0.3 is 14.8 Å². The van der Waals surface area contributed by atoms with Crippen molar-refractivity contribution in [2.45, 2.75) is 12.7 Å². The molecule has 3 aromatic rings. The van der Waals surface area contributed by atoms with Gasteiger partial charge in [0.25, 0.3) is 5.56 Å². The zero-order valence-electron chi connectivity index (χ0n) is 11.0. The van der Waals surface area contributed by atoms with E-state index in [0.717, 1.165) is 21.4 Å². The molecule has 1 aliphatic heterocycles. The van der Waals surface area contributed by atoms with E-state index in [2.05, 4.69) is 9.97 Å². The molecule has 1 atom stereocenters. The maximum atomic E-state index is 12.2. The minimum atomic E-state index is -0.768. The summed E-state index contributed by atoms with van der Waals surface area (Å²) in [6, 6.07) is 5.82. The Hall–Kier alpha value is -2.02. The van der Waals surface area contributed by atoms with Crippen LogP contribution in [0.25, 0.3) is 20.5 Å². The average Bonchev–Trinajstić information content (AvgIpc) is 2.96. The quantitative estimate of drug-likeness (QED) is 0.722. The molecule has 3 aromatic heterocycles. The predicted octanol–water partition coefficient (Wildman–Crippen LogP) is 2.22. The lowest BCUT2D eigenvalue weighted by Crippen LogP contribution is -2.22. The second-order valence-corrected chi connectivity index (χ2v) is 6.02. The van der Waals surface area contributed by atoms with Crippen LogP contribution in [0.1, 0.15) is 17.4 Å². The zero-order chi connectivity index (χ0) is 14.4. The van der Waals surface area contributed by atoms with Gasteiger partial charge in [0.1, 0.15) is 10.8 Å². The second-order valence-electron chi connectivity index (χ2n) is 4.97. The maximum Gasteiger partial charge on any atom is 0.266 e. The molecule has 5 nitrogen and oxygen atoms in total. The van der Waals surface area contributed by atoms with Crippen LogP contribution in [0.5, 0.6) is 0 Å². The van der Waals surface area contributed by atoms with Gasteiger partial charge in [0, 0.05) is 28.2 Å². The number of aliphatic hydroxyl groups excluding tert-OH is 1. The number of aromatic nitrogens is 2. The summed E-state index contributed by atoms with van der Waals surface area (Å²) in [7, 11) is 0. The average molecular weight is 300 g/mol. The number of H-pyrrole nitrogens is 1. The van der Waals surface area contributed by atoms with Crippen molar-refractivity contribution in [3.63, 3.8) is 0 Å². The van der Waals surface area contributed by atoms with Gasteiger partial charge >= 0.3 is 0 Å². The molecule has 0 saturated carbocycles. The summed E-state index contributed by atoms with van der Waals surface area (Å²) in [4.78, 5) is 20.0. The molecule has 1 unspecified atom stereocenters. The summed E-state index contributed by atoms with van der Waals surface area (Å²) in [5.41, 5.74) is 2.32. The number of pyridine rings is 2. The Morgan fingerprint density at radius 3 is 3.00 bits per heavy atom. The van der Waals surface area contributed by atoms with E-state index in [4.69, 9.17) is 4.74 Å². The summed E-state index contributed by atoms with van der Waals surface area (Å²) < 4.78 is 6.06. The summed E-state index contributed by atoms with van der Waals surface area (Å²) in [5.74, 6) is 0. The second kappa shape index (κ2) is 4.77. The molecule has 4 rings (SSSR count). The Bertz CT molecular complexity index is 870. The standard InChI is InChI=1S/C15H12N2O3S/c18-11-7-20-6-10-9-5-12(8-1-3-16-4-2-8)21-14(9)15(19)17-13(10)11/h1-5,11,18H,6-7H2,(H,17,19). The highest BCUT2D eigenvalue weighted by atomic mass is 32.1. The van der Waals surface area contributed by atoms with Gasteiger partial charge in [0.15, 0.2) is 0 Å². The smallest absolute Gasteiger partial charge is 0.266 e. The third-order valence-electron chi connectivity index (χ3n) is 3.66. The first-order valence-electron chi connectivity index (χ1n) is 6.59. The van der Waals surface area contributed by atoms with Crippen molar-refractivity contribution < 1.29 is 9.84 Å². The van der Waals surface area contributed by atoms with Crippen molar-refractivity contribution in [1.82, 2.24) is 9.97 Å². The van der Waals surface area contributed by atoms with Crippen LogP contribution in [0.3, 0.4) is 0 Å². The van der Waals surface area contributed by atoms with Gasteiger partial charge in [-0.25, -0.2) is 0 Å². The molecular formula is C15H12N2O3S. The predicted molar refractivity (Wildman–Crippen MR) is 80.3 cm³/mol. The van der Waals surface area contributed by atoms with Crippen LogP contribution in [-0.2, 0) is 11.3 Å². The Labute approximate surface area is 123 Å². The van der Waals surface area contributed by atoms with Crippen LogP contribution in [0.2, 0.25) is 0 Å². The van der Waals surface area contributed by atoms with E-state index in [0.29, 0.717) is 17.0 Å². The number of hydrogen-bond acceptors (Lipinski definition) is 5. The van der Waals surface area contributed by atoms with E-state index >= 15 is 0 Å². The molecule has 4 heterocycles. The molecule has 6 heteroatoms. The summed E-state index contributed by atoms with van der Waals surface area (Å²) in [6.07, 6.45) is 2.69. The summed E-state index contributed by atoms with van der Waals surface area (Å²) in [6.45, 7) is 0.627. The van der Waals surface area contributed by atoms with Gasteiger partial charge in [-0.2, -0.15) is 0 Å². The lowest BCUT2D eigenvalue weighted by Gasteiger charge is -2.21. The molecule has 106 valence electrons. The molecule has 2 N–H and O–H groups in total. The Balaban J connectivity index is 2.00. The zero-order valence-corrected chi connectivity index (χ0v) is 11.8. The van der Waals surface area contributed by atoms with Crippen LogP contribution in [0.15, 0.2) is 35.4 Å². The normalized spacial score (nSPS) is 17.9. The molecule has 0 aliphatic carbocycles. The number of nitrogens with zero attached hydrogens (tertiary/aromatic N) is 1. The molecular weight excluding hydrogens is 288 g/mol. The van der Waals surface area contributed by atoms with Crippen LogP contribution < -0.4 is 5.56 Å². The molecule has 21 heavy (non-hydrogen) atoms. The van der Waals surface area contributed by atoms with E-state index in [9.17, 15) is 9.90 Å². The van der Waals surface area contributed by atoms with Gasteiger partial charge in [-0.1, -0.05) is 0 Å². The number of nitrogens with one attached hydrogen (secondary N) is 1. The molecule has 0 saturated heterocycles. The van der Waals surface area contributed by atoms with Gasteiger partial charge in [-0.15, -0.1) is 11.3 Å². The third kappa shape index (κ3) is 1.99. The Kier molecular flexibility index (Phi) is 2.88. The van der Waals surface area contributed by atoms with Crippen LogP contribution in [-0.4, -0.2) is 21.7 Å². The van der Waals surface area contributed by atoms with Gasteiger partial charge in [-0.05, 0) is 23.8 Å². The highest BCUT2D eigenvalue weighted by molar-refractivity contribution is 7.22. The van der Waals surface area contributed by atoms with Gasteiger partial charge in [0.2, 0.25) is 0 Å². The number of ether oxygens (including phenoxy) is 1. The van der Waals surface area contributed by atoms with Gasteiger partial charge in [0.05, 0.1) is 18.9 Å². The lowest BCUT2D eigenvalue weighted by molar-refractivity contribution is 0.00764. The minimum Gasteiger partial charge on any atom is -0.384 e. The largest absolute Gasteiger partial charge is 0.384 e. The van der Waals surface area contributed by atoms with Crippen molar-refractivity contribution in [3.05, 3.63) is 52.2 Å². The van der Waals surface area contributed by atoms with Crippen molar-refractivity contribution in [1.29, 1.82) is 0 Å². The highest BCUT2D eigenvalue weighted by Gasteiger charge is 2.24. The molecule has 0 radical (unpaired) electrons. The Morgan fingerprint density at radius 1 is 1.38 bits per heavy atom. The first-order chi connectivity index (χ1) is 10.2. The number of rotatable bonds is 1. The molecule has 0 aromatic carbocycles. The van der Waals surface area contributed by atoms with Crippen molar-refractivity contribution >= 4 is 21.4 Å². The number of aliphatic hydroxyl groups is 1. The van der Waals surface area contributed by atoms with Gasteiger partial charge in [-0.3, -0.25) is 9.78 Å². The number of fused-ring (bicyclic) bond motifs is 3. The van der Waals surface area contributed by atoms with E-state index in [1.54, 1.807) is 12.4 Å². The lowest BCUT2D eigenvalue weighted by atomic mass is 10.0. The molecule has 0 amide bonds. The summed E-state index contributed by atoms with van der Waals surface area (Å²) in [5, 5.41) is 10.8. The van der Waals surface area contributed by atoms with Crippen LogP contribution in [0, 0.1) is 0 Å². The summed E-state index contributed by atoms with van der Waals surface area (Å²) >= 11 is 1.44. The number of hydrogen-bond donors (Lipinski definition) is 2. The fourth-order valence-corrected chi connectivity index (χ4v) is 3.72. The van der Waals surface area contributed by atoms with Crippen molar-refractivity contribution in [2.75, 3.05) is 6.61 Å². The van der Waals surface area contributed by atoms with E-state index in [1.807, 2.05) is 18.2 Å². The minimum absolute atomic E-state index is 0.157. The van der Waals surface area contributed by atoms with Crippen LogP contribution >= 0.6 is 11.3 Å². The van der Waals surface area contributed by atoms with Crippen molar-refractivity contribution in [2.24, 2.45) is 0 Å². The first-order valence-corrected chi connectivity index (χ1v) is 7.40. The van der Waals surface area contributed by atoms with Crippen LogP contribution in [0.4, 0.5) is 0 Å². The molecule has 1 aliphatic rings. The third-order valence-corrected chi connectivity index (χ3v) is 4.84. The highest BCUT2D eigenvalue weighted by Crippen LogP contribution is 2.36. The topological polar surface area (TPSA) is 75.2 Å². The van der Waals surface area contributed by atoms with E-state index < -0.39 is 6.10 Å². The van der Waals surface area contributed by atoms with E-state index in [1.165, 1.54) is 11.3 Å². The monoisotopic (exact) mass is 300 g/mol. The fourth-order valence-electron chi connectivity index (χ4n) is 2.64. The molecule has 0 spiro atoms.